The number of carboxylic acids is 1. The predicted octanol–water partition coefficient (Wildman–Crippen LogP) is 3.37. The lowest BCUT2D eigenvalue weighted by atomic mass is 9.86. The zero-order chi connectivity index (χ0) is 14.7. The smallest absolute Gasteiger partial charge is 0.306 e. The van der Waals surface area contributed by atoms with Crippen molar-refractivity contribution < 1.29 is 14.7 Å². The van der Waals surface area contributed by atoms with Gasteiger partial charge in [-0.25, -0.2) is 0 Å². The van der Waals surface area contributed by atoms with Gasteiger partial charge in [-0.1, -0.05) is 29.3 Å². The molecule has 0 unspecified atom stereocenters. The van der Waals surface area contributed by atoms with Crippen molar-refractivity contribution >= 4 is 35.1 Å². The Morgan fingerprint density at radius 2 is 1.80 bits per heavy atom. The van der Waals surface area contributed by atoms with Gasteiger partial charge in [0.15, 0.2) is 0 Å². The van der Waals surface area contributed by atoms with Gasteiger partial charge in [0.25, 0.3) is 5.91 Å². The largest absolute Gasteiger partial charge is 0.481 e. The summed E-state index contributed by atoms with van der Waals surface area (Å²) in [5.74, 6) is -1.32. The molecule has 0 saturated heterocycles. The van der Waals surface area contributed by atoms with E-state index < -0.39 is 5.97 Å². The summed E-state index contributed by atoms with van der Waals surface area (Å²) in [6.07, 6.45) is 2.51. The molecule has 2 rings (SSSR count). The van der Waals surface area contributed by atoms with E-state index in [4.69, 9.17) is 28.3 Å². The van der Waals surface area contributed by atoms with Gasteiger partial charge in [0.1, 0.15) is 0 Å². The standard InChI is InChI=1S/C14H15Cl2NO3/c15-11-3-1-2-10(12(11)16)13(18)17-9-6-4-8(5-7-9)14(19)20/h1-3,8-9H,4-7H2,(H,17,18)(H,19,20). The van der Waals surface area contributed by atoms with Gasteiger partial charge in [-0.05, 0) is 37.8 Å². The van der Waals surface area contributed by atoms with Crippen molar-refractivity contribution in [2.45, 2.75) is 31.7 Å². The van der Waals surface area contributed by atoms with Gasteiger partial charge in [0.05, 0.1) is 21.5 Å². The van der Waals surface area contributed by atoms with Crippen LogP contribution in [0.5, 0.6) is 0 Å². The minimum Gasteiger partial charge on any atom is -0.481 e. The van der Waals surface area contributed by atoms with Gasteiger partial charge in [-0.3, -0.25) is 9.59 Å². The molecule has 0 atom stereocenters. The highest BCUT2D eigenvalue weighted by Gasteiger charge is 2.27. The van der Waals surface area contributed by atoms with Crippen LogP contribution in [0.1, 0.15) is 36.0 Å². The third kappa shape index (κ3) is 3.44. The first-order valence-corrected chi connectivity index (χ1v) is 7.22. The van der Waals surface area contributed by atoms with E-state index in [1.54, 1.807) is 18.2 Å². The maximum atomic E-state index is 12.1. The molecule has 108 valence electrons. The summed E-state index contributed by atoms with van der Waals surface area (Å²) in [7, 11) is 0. The first-order valence-electron chi connectivity index (χ1n) is 6.46. The molecule has 1 aromatic carbocycles. The van der Waals surface area contributed by atoms with Gasteiger partial charge >= 0.3 is 5.97 Å². The summed E-state index contributed by atoms with van der Waals surface area (Å²) >= 11 is 11.9. The third-order valence-electron chi connectivity index (χ3n) is 3.61. The fraction of sp³-hybridized carbons (Fsp3) is 0.429. The Kier molecular flexibility index (Phi) is 4.89. The Labute approximate surface area is 127 Å². The molecule has 1 amide bonds. The summed E-state index contributed by atoms with van der Waals surface area (Å²) in [6.45, 7) is 0. The van der Waals surface area contributed by atoms with Crippen molar-refractivity contribution in [3.05, 3.63) is 33.8 Å². The van der Waals surface area contributed by atoms with Gasteiger partial charge in [0, 0.05) is 6.04 Å². The summed E-state index contributed by atoms with van der Waals surface area (Å²) in [5, 5.41) is 12.4. The Morgan fingerprint density at radius 3 is 2.40 bits per heavy atom. The molecule has 0 aliphatic heterocycles. The number of aliphatic carboxylic acids is 1. The summed E-state index contributed by atoms with van der Waals surface area (Å²) < 4.78 is 0. The third-order valence-corrected chi connectivity index (χ3v) is 4.43. The fourth-order valence-corrected chi connectivity index (χ4v) is 2.81. The molecule has 0 aromatic heterocycles. The molecule has 1 aliphatic carbocycles. The first-order chi connectivity index (χ1) is 9.49. The number of halogens is 2. The van der Waals surface area contributed by atoms with Crippen molar-refractivity contribution in [2.24, 2.45) is 5.92 Å². The molecule has 20 heavy (non-hydrogen) atoms. The van der Waals surface area contributed by atoms with E-state index in [2.05, 4.69) is 5.32 Å². The monoisotopic (exact) mass is 315 g/mol. The van der Waals surface area contributed by atoms with Gasteiger partial charge in [0.2, 0.25) is 0 Å². The molecule has 2 N–H and O–H groups in total. The molecule has 0 heterocycles. The number of benzene rings is 1. The van der Waals surface area contributed by atoms with Crippen LogP contribution in [0.25, 0.3) is 0 Å². The number of rotatable bonds is 3. The van der Waals surface area contributed by atoms with Crippen molar-refractivity contribution in [3.8, 4) is 0 Å². The number of hydrogen-bond acceptors (Lipinski definition) is 2. The van der Waals surface area contributed by atoms with Crippen LogP contribution >= 0.6 is 23.2 Å². The lowest BCUT2D eigenvalue weighted by Crippen LogP contribution is -2.38. The topological polar surface area (TPSA) is 66.4 Å². The van der Waals surface area contributed by atoms with Crippen LogP contribution in [0.2, 0.25) is 10.0 Å². The molecular formula is C14H15Cl2NO3. The normalized spacial score (nSPS) is 22.3. The highest BCUT2D eigenvalue weighted by molar-refractivity contribution is 6.43. The molecule has 1 saturated carbocycles. The second-order valence-corrected chi connectivity index (χ2v) is 5.75. The molecule has 4 nitrogen and oxygen atoms in total. The first kappa shape index (κ1) is 15.1. The number of hydrogen-bond donors (Lipinski definition) is 2. The number of nitrogens with one attached hydrogen (secondary N) is 1. The average Bonchev–Trinajstić information content (AvgIpc) is 2.42. The zero-order valence-electron chi connectivity index (χ0n) is 10.7. The molecule has 0 radical (unpaired) electrons. The Morgan fingerprint density at radius 1 is 1.15 bits per heavy atom. The van der Waals surface area contributed by atoms with E-state index in [0.717, 1.165) is 0 Å². The average molecular weight is 316 g/mol. The Hall–Kier alpha value is -1.26. The molecule has 1 aromatic rings. The van der Waals surface area contributed by atoms with Crippen molar-refractivity contribution in [1.29, 1.82) is 0 Å². The van der Waals surface area contributed by atoms with Crippen LogP contribution in [0, 0.1) is 5.92 Å². The van der Waals surface area contributed by atoms with Gasteiger partial charge in [-0.2, -0.15) is 0 Å². The Bertz CT molecular complexity index is 525. The number of carboxylic acid groups (broad SMARTS) is 1. The molecule has 6 heteroatoms. The minimum absolute atomic E-state index is 0.00634. The number of amides is 1. The lowest BCUT2D eigenvalue weighted by Gasteiger charge is -2.27. The lowest BCUT2D eigenvalue weighted by molar-refractivity contribution is -0.142. The molecule has 1 fully saturated rings. The van der Waals surface area contributed by atoms with Crippen molar-refractivity contribution in [3.63, 3.8) is 0 Å². The quantitative estimate of drug-likeness (QED) is 0.898. The van der Waals surface area contributed by atoms with E-state index in [9.17, 15) is 9.59 Å². The molecule has 0 bridgehead atoms. The van der Waals surface area contributed by atoms with Crippen LogP contribution in [-0.2, 0) is 4.79 Å². The maximum absolute atomic E-state index is 12.1. The second-order valence-electron chi connectivity index (χ2n) is 4.96. The van der Waals surface area contributed by atoms with Crippen LogP contribution in [0.15, 0.2) is 18.2 Å². The highest BCUT2D eigenvalue weighted by atomic mass is 35.5. The minimum atomic E-state index is -0.757. The van der Waals surface area contributed by atoms with Gasteiger partial charge in [-0.15, -0.1) is 0 Å². The summed E-state index contributed by atoms with van der Waals surface area (Å²) in [4.78, 5) is 23.0. The second kappa shape index (κ2) is 6.46. The number of carbonyl (C=O) groups excluding carboxylic acids is 1. The summed E-state index contributed by atoms with van der Waals surface area (Å²) in [6, 6.07) is 4.91. The van der Waals surface area contributed by atoms with Gasteiger partial charge < -0.3 is 10.4 Å². The van der Waals surface area contributed by atoms with Crippen molar-refractivity contribution in [1.82, 2.24) is 5.32 Å². The zero-order valence-corrected chi connectivity index (χ0v) is 12.2. The van der Waals surface area contributed by atoms with Crippen LogP contribution in [-0.4, -0.2) is 23.0 Å². The summed E-state index contributed by atoms with van der Waals surface area (Å²) in [5.41, 5.74) is 0.347. The fourth-order valence-electron chi connectivity index (χ4n) is 2.43. The highest BCUT2D eigenvalue weighted by Crippen LogP contribution is 2.27. The maximum Gasteiger partial charge on any atom is 0.306 e. The predicted molar refractivity (Wildman–Crippen MR) is 77.3 cm³/mol. The van der Waals surface area contributed by atoms with Crippen LogP contribution < -0.4 is 5.32 Å². The van der Waals surface area contributed by atoms with E-state index in [0.29, 0.717) is 36.3 Å². The molecule has 1 aliphatic rings. The SMILES string of the molecule is O=C(NC1CCC(C(=O)O)CC1)c1cccc(Cl)c1Cl. The van der Waals surface area contributed by atoms with E-state index >= 15 is 0 Å². The van der Waals surface area contributed by atoms with Crippen LogP contribution in [0.4, 0.5) is 0 Å². The number of carbonyl (C=O) groups is 2. The van der Waals surface area contributed by atoms with Crippen LogP contribution in [0.3, 0.4) is 0 Å². The van der Waals surface area contributed by atoms with E-state index in [-0.39, 0.29) is 22.9 Å². The molecule has 0 spiro atoms. The van der Waals surface area contributed by atoms with E-state index in [1.807, 2.05) is 0 Å². The Balaban J connectivity index is 1.96. The molecular weight excluding hydrogens is 301 g/mol. The van der Waals surface area contributed by atoms with Crippen molar-refractivity contribution in [2.75, 3.05) is 0 Å². The van der Waals surface area contributed by atoms with E-state index in [1.165, 1.54) is 0 Å².